The van der Waals surface area contributed by atoms with Crippen LogP contribution in [0, 0.1) is 0 Å². The van der Waals surface area contributed by atoms with Gasteiger partial charge in [0.05, 0.1) is 0 Å². The summed E-state index contributed by atoms with van der Waals surface area (Å²) in [5.74, 6) is 1.25. The first kappa shape index (κ1) is 13.4. The van der Waals surface area contributed by atoms with E-state index in [1.54, 1.807) is 11.1 Å². The Morgan fingerprint density at radius 1 is 0.762 bits per heavy atom. The summed E-state index contributed by atoms with van der Waals surface area (Å²) in [5.41, 5.74) is 5.94. The summed E-state index contributed by atoms with van der Waals surface area (Å²) in [6.07, 6.45) is 9.56. The van der Waals surface area contributed by atoms with Gasteiger partial charge in [-0.3, -0.25) is 0 Å². The van der Waals surface area contributed by atoms with E-state index in [4.69, 9.17) is 0 Å². The van der Waals surface area contributed by atoms with Crippen molar-refractivity contribution in [3.05, 3.63) is 82.9 Å². The van der Waals surface area contributed by atoms with Crippen molar-refractivity contribution in [2.24, 2.45) is 0 Å². The van der Waals surface area contributed by atoms with Crippen LogP contribution in [0.3, 0.4) is 0 Å². The van der Waals surface area contributed by atoms with Gasteiger partial charge in [-0.25, -0.2) is 0 Å². The van der Waals surface area contributed by atoms with E-state index in [-0.39, 0.29) is 0 Å². The molecule has 0 N–H and O–H groups in total. The number of allylic oxidation sites excluding steroid dienone is 2. The van der Waals surface area contributed by atoms with E-state index in [0.29, 0.717) is 11.8 Å². The molecular formula is C20H18Sn. The average Bonchev–Trinajstić information content (AvgIpc) is 3.14. The molecule has 0 spiro atoms. The molecule has 0 nitrogen and oxygen atoms in total. The molecule has 2 aliphatic rings. The Morgan fingerprint density at radius 2 is 1.24 bits per heavy atom. The number of hydrogen-bond acceptors (Lipinski definition) is 0. The van der Waals surface area contributed by atoms with Crippen LogP contribution in [0.2, 0.25) is 8.87 Å². The van der Waals surface area contributed by atoms with E-state index >= 15 is 0 Å². The molecule has 0 amide bonds. The van der Waals surface area contributed by atoms with Gasteiger partial charge in [-0.1, -0.05) is 0 Å². The van der Waals surface area contributed by atoms with Crippen molar-refractivity contribution in [2.75, 3.05) is 0 Å². The second kappa shape index (κ2) is 5.49. The van der Waals surface area contributed by atoms with Crippen molar-refractivity contribution in [1.82, 2.24) is 0 Å². The zero-order valence-corrected chi connectivity index (χ0v) is 15.0. The molecule has 0 saturated heterocycles. The molecule has 2 aromatic carbocycles. The van der Waals surface area contributed by atoms with Crippen molar-refractivity contribution >= 4 is 33.3 Å². The Labute approximate surface area is 136 Å². The zero-order chi connectivity index (χ0) is 14.2. The maximum absolute atomic E-state index is 2.50. The topological polar surface area (TPSA) is 0 Å². The number of benzene rings is 2. The second-order valence-corrected chi connectivity index (χ2v) is 9.39. The van der Waals surface area contributed by atoms with E-state index in [1.165, 1.54) is 11.1 Å². The van der Waals surface area contributed by atoms with Gasteiger partial charge in [0.2, 0.25) is 0 Å². The van der Waals surface area contributed by atoms with Crippen LogP contribution in [0.25, 0.3) is 12.2 Å². The fraction of sp³-hybridized carbons (Fsp3) is 0.200. The standard InChI is InChI=1S/C19H15.CH3.Sn/c1-3-7-18-14(5-1)9-11-16(18)13-17-12-10-15-6-2-4-8-19(15)17;;/h1-13,16-17H;1H3;. The summed E-state index contributed by atoms with van der Waals surface area (Å²) in [6, 6.07) is 17.8. The van der Waals surface area contributed by atoms with E-state index in [1.807, 2.05) is 0 Å². The molecule has 0 heterocycles. The molecular weight excluding hydrogens is 359 g/mol. The van der Waals surface area contributed by atoms with Gasteiger partial charge in [0.1, 0.15) is 0 Å². The van der Waals surface area contributed by atoms with Crippen LogP contribution in [-0.2, 0) is 0 Å². The monoisotopic (exact) mass is 378 g/mol. The van der Waals surface area contributed by atoms with E-state index in [2.05, 4.69) is 77.8 Å². The van der Waals surface area contributed by atoms with Crippen LogP contribution in [0.4, 0.5) is 0 Å². The molecule has 4 rings (SSSR count). The molecule has 1 heteroatoms. The van der Waals surface area contributed by atoms with Gasteiger partial charge >= 0.3 is 137 Å². The van der Waals surface area contributed by atoms with E-state index < -0.39 is 21.1 Å². The summed E-state index contributed by atoms with van der Waals surface area (Å²) in [5, 5.41) is 0. The third-order valence-corrected chi connectivity index (χ3v) is 8.74. The molecule has 102 valence electrons. The molecule has 2 radical (unpaired) electrons. The summed E-state index contributed by atoms with van der Waals surface area (Å²) in [4.78, 5) is 2.50. The molecule has 2 atom stereocenters. The van der Waals surface area contributed by atoms with Crippen LogP contribution < -0.4 is 0 Å². The summed E-state index contributed by atoms with van der Waals surface area (Å²) >= 11 is -0.407. The summed E-state index contributed by atoms with van der Waals surface area (Å²) in [6.45, 7) is 0. The van der Waals surface area contributed by atoms with E-state index in [9.17, 15) is 0 Å². The molecule has 21 heavy (non-hydrogen) atoms. The minimum absolute atomic E-state index is 0.407. The minimum atomic E-state index is -0.407. The fourth-order valence-corrected chi connectivity index (χ4v) is 7.47. The quantitative estimate of drug-likeness (QED) is 0.650. The molecule has 0 saturated carbocycles. The van der Waals surface area contributed by atoms with E-state index in [0.717, 1.165) is 3.93 Å². The third-order valence-electron chi connectivity index (χ3n) is 4.78. The third kappa shape index (κ3) is 2.20. The molecule has 0 fully saturated rings. The van der Waals surface area contributed by atoms with Crippen LogP contribution in [0.5, 0.6) is 0 Å². The van der Waals surface area contributed by atoms with Crippen molar-refractivity contribution in [1.29, 1.82) is 0 Å². The van der Waals surface area contributed by atoms with Crippen molar-refractivity contribution < 1.29 is 0 Å². The summed E-state index contributed by atoms with van der Waals surface area (Å²) < 4.78 is 0.813. The average molecular weight is 377 g/mol. The Bertz CT molecular complexity index is 665. The van der Waals surface area contributed by atoms with Crippen molar-refractivity contribution in [2.45, 2.75) is 20.7 Å². The fourth-order valence-electron chi connectivity index (χ4n) is 3.76. The molecule has 2 aliphatic carbocycles. The Morgan fingerprint density at radius 3 is 1.71 bits per heavy atom. The van der Waals surface area contributed by atoms with Crippen LogP contribution >= 0.6 is 0 Å². The van der Waals surface area contributed by atoms with Gasteiger partial charge in [0, 0.05) is 0 Å². The SMILES string of the molecule is [CH3][Sn][CH](C1C=Cc2ccccc21)C1C=Cc2ccccc21. The van der Waals surface area contributed by atoms with Gasteiger partial charge in [0.25, 0.3) is 0 Å². The van der Waals surface area contributed by atoms with Crippen molar-refractivity contribution in [3.8, 4) is 0 Å². The van der Waals surface area contributed by atoms with Crippen LogP contribution in [-0.4, -0.2) is 21.1 Å². The Balaban J connectivity index is 1.72. The maximum atomic E-state index is 2.50. The van der Waals surface area contributed by atoms with Gasteiger partial charge in [-0.2, -0.15) is 0 Å². The normalized spacial score (nSPS) is 23.1. The molecule has 0 aromatic heterocycles. The molecule has 0 aliphatic heterocycles. The zero-order valence-electron chi connectivity index (χ0n) is 12.2. The Hall–Kier alpha value is -1.28. The van der Waals surface area contributed by atoms with Crippen LogP contribution in [0.15, 0.2) is 60.7 Å². The summed E-state index contributed by atoms with van der Waals surface area (Å²) in [7, 11) is 0. The van der Waals surface area contributed by atoms with Crippen molar-refractivity contribution in [3.63, 3.8) is 0 Å². The van der Waals surface area contributed by atoms with Gasteiger partial charge in [0.15, 0.2) is 0 Å². The first-order valence-electron chi connectivity index (χ1n) is 7.60. The molecule has 2 aromatic rings. The second-order valence-electron chi connectivity index (χ2n) is 5.84. The molecule has 0 bridgehead atoms. The van der Waals surface area contributed by atoms with Gasteiger partial charge in [-0.15, -0.1) is 0 Å². The van der Waals surface area contributed by atoms with Crippen LogP contribution in [0.1, 0.15) is 34.1 Å². The predicted molar refractivity (Wildman–Crippen MR) is 91.8 cm³/mol. The van der Waals surface area contributed by atoms with Gasteiger partial charge < -0.3 is 0 Å². The number of rotatable bonds is 3. The molecule has 2 unspecified atom stereocenters. The Kier molecular flexibility index (Phi) is 3.50. The van der Waals surface area contributed by atoms with Gasteiger partial charge in [-0.05, 0) is 0 Å². The predicted octanol–water partition coefficient (Wildman–Crippen LogP) is 5.15. The number of hydrogen-bond donors (Lipinski definition) is 0. The first-order chi connectivity index (χ1) is 10.4. The first-order valence-corrected chi connectivity index (χ1v) is 12.1. The number of fused-ring (bicyclic) bond motifs is 2.